The van der Waals surface area contributed by atoms with Gasteiger partial charge in [-0.05, 0) is 30.0 Å². The van der Waals surface area contributed by atoms with Gasteiger partial charge in [0.15, 0.2) is 0 Å². The molecule has 2 rings (SSSR count). The normalized spacial score (nSPS) is 10.2. The van der Waals surface area contributed by atoms with E-state index in [0.29, 0.717) is 13.0 Å². The summed E-state index contributed by atoms with van der Waals surface area (Å²) in [6.07, 6.45) is 3.24. The molecular formula is C20H22N2O2. The number of benzene rings is 1. The van der Waals surface area contributed by atoms with Crippen LogP contribution < -0.4 is 5.32 Å². The van der Waals surface area contributed by atoms with E-state index in [9.17, 15) is 9.59 Å². The maximum Gasteiger partial charge on any atom is 0.287 e. The minimum atomic E-state index is -0.580. The van der Waals surface area contributed by atoms with Gasteiger partial charge in [0.1, 0.15) is 0 Å². The molecule has 0 unspecified atom stereocenters. The van der Waals surface area contributed by atoms with Crippen LogP contribution in [0.25, 0.3) is 0 Å². The zero-order valence-electron chi connectivity index (χ0n) is 13.9. The van der Waals surface area contributed by atoms with E-state index in [-0.39, 0.29) is 6.42 Å². The van der Waals surface area contributed by atoms with E-state index in [0.717, 1.165) is 28.8 Å². The second-order valence-electron chi connectivity index (χ2n) is 5.71. The fourth-order valence-electron chi connectivity index (χ4n) is 2.29. The predicted molar refractivity (Wildman–Crippen MR) is 94.6 cm³/mol. The van der Waals surface area contributed by atoms with E-state index in [1.54, 1.807) is 6.20 Å². The van der Waals surface area contributed by atoms with E-state index in [1.807, 2.05) is 49.4 Å². The molecule has 0 bridgehead atoms. The van der Waals surface area contributed by atoms with Crippen molar-refractivity contribution in [3.05, 3.63) is 77.6 Å². The summed E-state index contributed by atoms with van der Waals surface area (Å²) in [4.78, 5) is 28.1. The fraction of sp³-hybridized carbons (Fsp3) is 0.250. The largest absolute Gasteiger partial charge is 0.346 e. The molecular weight excluding hydrogens is 300 g/mol. The van der Waals surface area contributed by atoms with Crippen molar-refractivity contribution in [2.24, 2.45) is 0 Å². The molecule has 1 N–H and O–H groups in total. The van der Waals surface area contributed by atoms with Gasteiger partial charge in [0, 0.05) is 24.9 Å². The Bertz CT molecular complexity index is 706. The number of hydrogen-bond acceptors (Lipinski definition) is 3. The summed E-state index contributed by atoms with van der Waals surface area (Å²) in [5.74, 6) is -1.04. The number of pyridine rings is 1. The molecule has 4 heteroatoms. The minimum Gasteiger partial charge on any atom is -0.346 e. The number of hydrogen-bond donors (Lipinski definition) is 1. The molecule has 1 amide bonds. The number of carbonyl (C=O) groups excluding carboxylic acids is 2. The number of rotatable bonds is 8. The number of aryl methyl sites for hydroxylation is 1. The standard InChI is InChI=1S/C20H22N2O2/c1-3-18-10-9-17(14-21-18)12-19(23)20(24)22-13-15(2)11-16-7-5-4-6-8-16/h4-10,14H,2-3,11-13H2,1H3,(H,22,24). The molecule has 24 heavy (non-hydrogen) atoms. The summed E-state index contributed by atoms with van der Waals surface area (Å²) in [5.41, 5.74) is 3.70. The molecule has 0 fully saturated rings. The summed E-state index contributed by atoms with van der Waals surface area (Å²) in [6, 6.07) is 13.6. The minimum absolute atomic E-state index is 0.0635. The second-order valence-corrected chi connectivity index (χ2v) is 5.71. The lowest BCUT2D eigenvalue weighted by atomic mass is 10.1. The third-order valence-corrected chi connectivity index (χ3v) is 3.66. The van der Waals surface area contributed by atoms with Crippen LogP contribution in [0.5, 0.6) is 0 Å². The van der Waals surface area contributed by atoms with Crippen LogP contribution in [-0.4, -0.2) is 23.2 Å². The maximum atomic E-state index is 12.0. The van der Waals surface area contributed by atoms with Crippen LogP contribution in [0.4, 0.5) is 0 Å². The van der Waals surface area contributed by atoms with Gasteiger partial charge in [-0.1, -0.05) is 55.5 Å². The summed E-state index contributed by atoms with van der Waals surface area (Å²) in [7, 11) is 0. The van der Waals surface area contributed by atoms with Gasteiger partial charge >= 0.3 is 0 Å². The Hall–Kier alpha value is -2.75. The number of carbonyl (C=O) groups is 2. The molecule has 4 nitrogen and oxygen atoms in total. The summed E-state index contributed by atoms with van der Waals surface area (Å²) < 4.78 is 0. The lowest BCUT2D eigenvalue weighted by Crippen LogP contribution is -2.33. The third kappa shape index (κ3) is 5.47. The Morgan fingerprint density at radius 1 is 1.04 bits per heavy atom. The quantitative estimate of drug-likeness (QED) is 0.600. The van der Waals surface area contributed by atoms with Crippen LogP contribution in [0.2, 0.25) is 0 Å². The molecule has 0 spiro atoms. The Kier molecular flexibility index (Phi) is 6.43. The molecule has 2 aromatic rings. The number of nitrogens with one attached hydrogen (secondary N) is 1. The molecule has 0 aliphatic heterocycles. The van der Waals surface area contributed by atoms with Crippen molar-refractivity contribution in [2.45, 2.75) is 26.2 Å². The SMILES string of the molecule is C=C(CNC(=O)C(=O)Cc1ccc(CC)nc1)Cc1ccccc1. The van der Waals surface area contributed by atoms with Gasteiger partial charge in [-0.3, -0.25) is 14.6 Å². The zero-order valence-corrected chi connectivity index (χ0v) is 13.9. The first-order valence-corrected chi connectivity index (χ1v) is 8.04. The highest BCUT2D eigenvalue weighted by molar-refractivity contribution is 6.36. The number of aromatic nitrogens is 1. The monoisotopic (exact) mass is 322 g/mol. The van der Waals surface area contributed by atoms with Crippen LogP contribution in [-0.2, 0) is 28.9 Å². The van der Waals surface area contributed by atoms with E-state index in [1.165, 1.54) is 0 Å². The Balaban J connectivity index is 1.78. The molecule has 1 aromatic carbocycles. The lowest BCUT2D eigenvalue weighted by Gasteiger charge is -2.08. The van der Waals surface area contributed by atoms with Crippen LogP contribution in [0, 0.1) is 0 Å². The Morgan fingerprint density at radius 3 is 2.42 bits per heavy atom. The van der Waals surface area contributed by atoms with Crippen molar-refractivity contribution in [1.29, 1.82) is 0 Å². The maximum absolute atomic E-state index is 12.0. The molecule has 0 aliphatic carbocycles. The van der Waals surface area contributed by atoms with Gasteiger partial charge in [-0.15, -0.1) is 0 Å². The van der Waals surface area contributed by atoms with Crippen molar-refractivity contribution in [1.82, 2.24) is 10.3 Å². The van der Waals surface area contributed by atoms with Gasteiger partial charge in [0.25, 0.3) is 5.91 Å². The average Bonchev–Trinajstić information content (AvgIpc) is 2.61. The number of Topliss-reactive ketones (excluding diaryl/α,β-unsaturated/α-hetero) is 1. The number of ketones is 1. The van der Waals surface area contributed by atoms with Crippen molar-refractivity contribution in [3.8, 4) is 0 Å². The highest BCUT2D eigenvalue weighted by Gasteiger charge is 2.14. The van der Waals surface area contributed by atoms with Crippen molar-refractivity contribution in [3.63, 3.8) is 0 Å². The highest BCUT2D eigenvalue weighted by Crippen LogP contribution is 2.06. The molecule has 0 saturated carbocycles. The summed E-state index contributed by atoms with van der Waals surface area (Å²) in [6.45, 7) is 6.26. The van der Waals surface area contributed by atoms with Crippen LogP contribution in [0.3, 0.4) is 0 Å². The molecule has 0 atom stereocenters. The molecule has 0 saturated heterocycles. The third-order valence-electron chi connectivity index (χ3n) is 3.66. The van der Waals surface area contributed by atoms with Crippen molar-refractivity contribution < 1.29 is 9.59 Å². The first kappa shape index (κ1) is 17.6. The summed E-state index contributed by atoms with van der Waals surface area (Å²) in [5, 5.41) is 2.64. The Labute approximate surface area is 142 Å². The van der Waals surface area contributed by atoms with Gasteiger partial charge in [0.2, 0.25) is 5.78 Å². The molecule has 1 aromatic heterocycles. The van der Waals surface area contributed by atoms with Crippen LogP contribution in [0.1, 0.15) is 23.7 Å². The molecule has 1 heterocycles. The van der Waals surface area contributed by atoms with Crippen molar-refractivity contribution >= 4 is 11.7 Å². The van der Waals surface area contributed by atoms with Crippen molar-refractivity contribution in [2.75, 3.05) is 6.54 Å². The molecule has 0 radical (unpaired) electrons. The van der Waals surface area contributed by atoms with Crippen LogP contribution in [0.15, 0.2) is 60.8 Å². The smallest absolute Gasteiger partial charge is 0.287 e. The predicted octanol–water partition coefficient (Wildman–Crippen LogP) is 2.67. The number of nitrogens with zero attached hydrogens (tertiary/aromatic N) is 1. The molecule has 0 aliphatic rings. The first-order chi connectivity index (χ1) is 11.6. The lowest BCUT2D eigenvalue weighted by molar-refractivity contribution is -0.137. The topological polar surface area (TPSA) is 59.1 Å². The number of amides is 1. The summed E-state index contributed by atoms with van der Waals surface area (Å²) >= 11 is 0. The van der Waals surface area contributed by atoms with Gasteiger partial charge < -0.3 is 5.32 Å². The Morgan fingerprint density at radius 2 is 1.79 bits per heavy atom. The first-order valence-electron chi connectivity index (χ1n) is 8.04. The zero-order chi connectivity index (χ0) is 17.4. The fourth-order valence-corrected chi connectivity index (χ4v) is 2.29. The van der Waals surface area contributed by atoms with E-state index < -0.39 is 11.7 Å². The van der Waals surface area contributed by atoms with E-state index >= 15 is 0 Å². The van der Waals surface area contributed by atoms with Gasteiger partial charge in [-0.2, -0.15) is 0 Å². The molecule has 124 valence electrons. The van der Waals surface area contributed by atoms with Gasteiger partial charge in [-0.25, -0.2) is 0 Å². The van der Waals surface area contributed by atoms with E-state index in [2.05, 4.69) is 16.9 Å². The van der Waals surface area contributed by atoms with Crippen LogP contribution >= 0.6 is 0 Å². The second kappa shape index (κ2) is 8.77. The van der Waals surface area contributed by atoms with Gasteiger partial charge in [0.05, 0.1) is 0 Å². The average molecular weight is 322 g/mol. The van der Waals surface area contributed by atoms with E-state index in [4.69, 9.17) is 0 Å². The highest BCUT2D eigenvalue weighted by atomic mass is 16.2.